The maximum Gasteiger partial charge on any atom is 0.337 e. The molecule has 1 amide bonds. The van der Waals surface area contributed by atoms with Crippen molar-refractivity contribution in [2.24, 2.45) is 22.2 Å². The van der Waals surface area contributed by atoms with Gasteiger partial charge in [0.25, 0.3) is 5.91 Å². The molecule has 0 aromatic heterocycles. The van der Waals surface area contributed by atoms with Crippen molar-refractivity contribution in [2.75, 3.05) is 7.11 Å². The number of amides is 1. The zero-order chi connectivity index (χ0) is 31.8. The van der Waals surface area contributed by atoms with Gasteiger partial charge in [-0.05, 0) is 106 Å². The van der Waals surface area contributed by atoms with E-state index in [-0.39, 0.29) is 34.6 Å². The van der Waals surface area contributed by atoms with Crippen molar-refractivity contribution >= 4 is 17.8 Å². The number of carbonyl (C=O) groups excluding carboxylic acids is 2. The Hall–Kier alpha value is -3.22. The topological polar surface area (TPSA) is 79.8 Å². The summed E-state index contributed by atoms with van der Waals surface area (Å²) in [6.07, 6.45) is 7.23. The first-order chi connectivity index (χ1) is 20.3. The Morgan fingerprint density at radius 3 is 2.33 bits per heavy atom. The van der Waals surface area contributed by atoms with Crippen LogP contribution >= 0.6 is 0 Å². The average molecular weight is 594 g/mol. The smallest absolute Gasteiger partial charge is 0.337 e. The van der Waals surface area contributed by atoms with Crippen molar-refractivity contribution in [3.8, 4) is 0 Å². The highest BCUT2D eigenvalue weighted by molar-refractivity contribution is 6.06. The number of benzene rings is 2. The number of esters is 1. The number of hydrogen-bond acceptors (Lipinski definition) is 4. The third-order valence-corrected chi connectivity index (χ3v) is 9.28. The number of aliphatic imine (C=N–C) groups is 1. The molecule has 236 valence electrons. The van der Waals surface area contributed by atoms with Crippen LogP contribution in [-0.2, 0) is 4.74 Å². The summed E-state index contributed by atoms with van der Waals surface area (Å²) in [5, 5.41) is 6.50. The van der Waals surface area contributed by atoms with Crippen molar-refractivity contribution in [3.05, 3.63) is 71.0 Å². The fourth-order valence-electron chi connectivity index (χ4n) is 6.82. The number of nitrogens with one attached hydrogen (secondary N) is 2. The van der Waals surface area contributed by atoms with E-state index in [2.05, 4.69) is 38.3 Å². The lowest BCUT2D eigenvalue weighted by molar-refractivity contribution is 0.0538. The minimum atomic E-state index is -0.496. The molecule has 2 N–H and O–H groups in total. The van der Waals surface area contributed by atoms with Crippen LogP contribution in [0.5, 0.6) is 0 Å². The first-order valence-corrected chi connectivity index (χ1v) is 15.9. The van der Waals surface area contributed by atoms with Gasteiger partial charge in [-0.25, -0.2) is 14.2 Å². The van der Waals surface area contributed by atoms with Gasteiger partial charge in [0.15, 0.2) is 5.96 Å². The monoisotopic (exact) mass is 593 g/mol. The van der Waals surface area contributed by atoms with E-state index < -0.39 is 5.97 Å². The lowest BCUT2D eigenvalue weighted by Crippen LogP contribution is -2.51. The summed E-state index contributed by atoms with van der Waals surface area (Å²) in [4.78, 5) is 31.0. The fourth-order valence-corrected chi connectivity index (χ4v) is 6.82. The van der Waals surface area contributed by atoms with E-state index in [1.54, 1.807) is 30.3 Å². The molecule has 1 aliphatic rings. The Labute approximate surface area is 258 Å². The Morgan fingerprint density at radius 2 is 1.74 bits per heavy atom. The molecule has 0 heterocycles. The van der Waals surface area contributed by atoms with Crippen molar-refractivity contribution in [1.82, 2.24) is 10.6 Å². The highest BCUT2D eigenvalue weighted by atomic mass is 19.1. The molecule has 0 spiro atoms. The molecule has 0 saturated heterocycles. The molecule has 2 aromatic carbocycles. The quantitative estimate of drug-likeness (QED) is 0.183. The number of guanidine groups is 1. The van der Waals surface area contributed by atoms with Crippen LogP contribution < -0.4 is 10.6 Å². The summed E-state index contributed by atoms with van der Waals surface area (Å²) >= 11 is 0. The summed E-state index contributed by atoms with van der Waals surface area (Å²) < 4.78 is 18.7. The molecular weight excluding hydrogens is 541 g/mol. The van der Waals surface area contributed by atoms with Crippen LogP contribution in [0.15, 0.2) is 53.5 Å². The Morgan fingerprint density at radius 1 is 1.07 bits per heavy atom. The zero-order valence-electron chi connectivity index (χ0n) is 27.4. The molecule has 0 radical (unpaired) electrons. The van der Waals surface area contributed by atoms with Gasteiger partial charge < -0.3 is 10.1 Å². The molecule has 2 aromatic rings. The number of hydrogen-bond donors (Lipinski definition) is 2. The van der Waals surface area contributed by atoms with E-state index in [0.717, 1.165) is 50.5 Å². The minimum absolute atomic E-state index is 0.0608. The molecule has 1 saturated carbocycles. The van der Waals surface area contributed by atoms with Crippen LogP contribution in [0, 0.1) is 23.1 Å². The van der Waals surface area contributed by atoms with Gasteiger partial charge in [-0.2, -0.15) is 0 Å². The predicted octanol–water partition coefficient (Wildman–Crippen LogP) is 8.28. The lowest BCUT2D eigenvalue weighted by atomic mass is 9.59. The molecular formula is C36H52FN3O3. The number of carbonyl (C=O) groups is 2. The van der Waals surface area contributed by atoms with Crippen LogP contribution in [0.3, 0.4) is 0 Å². The Bertz CT molecular complexity index is 1250. The summed E-state index contributed by atoms with van der Waals surface area (Å²) in [7, 11) is 1.32. The number of ether oxygens (including phenoxy) is 1. The molecule has 3 rings (SSSR count). The summed E-state index contributed by atoms with van der Waals surface area (Å²) in [5.74, 6) is 0.371. The van der Waals surface area contributed by atoms with Gasteiger partial charge in [0.1, 0.15) is 5.82 Å². The predicted molar refractivity (Wildman–Crippen MR) is 173 cm³/mol. The molecule has 1 fully saturated rings. The Kier molecular flexibility index (Phi) is 11.9. The second-order valence-corrected chi connectivity index (χ2v) is 13.4. The maximum absolute atomic E-state index is 13.9. The van der Waals surface area contributed by atoms with Crippen molar-refractivity contribution in [3.63, 3.8) is 0 Å². The number of rotatable bonds is 8. The standard InChI is InChI=1S/C36H52FN3O3/c1-9-13-30-29(10-2)31(23-25(20-21-36(30,7)11-3)24-16-18-28(37)19-17-24)38-34(40-35(4,5)6)39-32(41)26-14-12-15-27(22-26)33(42)43-8/h12,14-19,22,25,29-31H,9-11,13,20-21,23H2,1-8H3,(H2,38,39,40,41). The molecule has 7 heteroatoms. The largest absolute Gasteiger partial charge is 0.465 e. The summed E-state index contributed by atoms with van der Waals surface area (Å²) in [6, 6.07) is 13.4. The third-order valence-electron chi connectivity index (χ3n) is 9.28. The zero-order valence-corrected chi connectivity index (χ0v) is 27.4. The molecule has 5 unspecified atom stereocenters. The van der Waals surface area contributed by atoms with Gasteiger partial charge >= 0.3 is 5.97 Å². The van der Waals surface area contributed by atoms with Gasteiger partial charge in [0, 0.05) is 11.1 Å². The molecule has 0 bridgehead atoms. The van der Waals surface area contributed by atoms with E-state index in [4.69, 9.17) is 9.73 Å². The normalized spacial score (nSPS) is 24.9. The third kappa shape index (κ3) is 9.14. The van der Waals surface area contributed by atoms with Crippen molar-refractivity contribution in [1.29, 1.82) is 0 Å². The van der Waals surface area contributed by atoms with Gasteiger partial charge in [-0.3, -0.25) is 10.1 Å². The lowest BCUT2D eigenvalue weighted by Gasteiger charge is -2.47. The van der Waals surface area contributed by atoms with Gasteiger partial charge in [-0.1, -0.05) is 65.2 Å². The molecule has 1 aliphatic carbocycles. The van der Waals surface area contributed by atoms with Crippen LogP contribution in [0.4, 0.5) is 4.39 Å². The van der Waals surface area contributed by atoms with E-state index >= 15 is 0 Å². The summed E-state index contributed by atoms with van der Waals surface area (Å²) in [6.45, 7) is 15.4. The second-order valence-electron chi connectivity index (χ2n) is 13.4. The minimum Gasteiger partial charge on any atom is -0.465 e. The second kappa shape index (κ2) is 15.0. The maximum atomic E-state index is 13.9. The van der Waals surface area contributed by atoms with E-state index in [0.29, 0.717) is 28.9 Å². The molecule has 0 aliphatic heterocycles. The molecule has 6 nitrogen and oxygen atoms in total. The molecule has 43 heavy (non-hydrogen) atoms. The van der Waals surface area contributed by atoms with Crippen molar-refractivity contribution in [2.45, 2.75) is 111 Å². The van der Waals surface area contributed by atoms with E-state index in [1.165, 1.54) is 13.2 Å². The van der Waals surface area contributed by atoms with Crippen molar-refractivity contribution < 1.29 is 18.7 Å². The number of methoxy groups -OCH3 is 1. The first-order valence-electron chi connectivity index (χ1n) is 15.9. The highest BCUT2D eigenvalue weighted by Crippen LogP contribution is 2.50. The van der Waals surface area contributed by atoms with Crippen LogP contribution in [0.1, 0.15) is 126 Å². The van der Waals surface area contributed by atoms with Crippen LogP contribution in [0.25, 0.3) is 0 Å². The summed E-state index contributed by atoms with van der Waals surface area (Å²) in [5.41, 5.74) is 1.59. The SMILES string of the molecule is CCCC1C(CC)C(N=C(NC(=O)c2cccc(C(=O)OC)c2)NC(C)(C)C)CC(c2ccc(F)cc2)CCC1(C)CC. The van der Waals surface area contributed by atoms with E-state index in [9.17, 15) is 14.0 Å². The average Bonchev–Trinajstić information content (AvgIpc) is 2.97. The number of nitrogens with zero attached hydrogens (tertiary/aromatic N) is 1. The van der Waals surface area contributed by atoms with Gasteiger partial charge in [-0.15, -0.1) is 0 Å². The van der Waals surface area contributed by atoms with Crippen LogP contribution in [0.2, 0.25) is 0 Å². The Balaban J connectivity index is 2.09. The molecule has 5 atom stereocenters. The van der Waals surface area contributed by atoms with Crippen LogP contribution in [-0.4, -0.2) is 36.5 Å². The van der Waals surface area contributed by atoms with Gasteiger partial charge in [0.05, 0.1) is 18.7 Å². The fraction of sp³-hybridized carbons (Fsp3) is 0.583. The number of halogens is 1. The first kappa shape index (κ1) is 34.3. The van der Waals surface area contributed by atoms with E-state index in [1.807, 2.05) is 32.9 Å². The highest BCUT2D eigenvalue weighted by Gasteiger charge is 2.43. The van der Waals surface area contributed by atoms with Gasteiger partial charge in [0.2, 0.25) is 0 Å².